The van der Waals surface area contributed by atoms with E-state index in [0.717, 1.165) is 23.7 Å². The number of hydrogen-bond acceptors (Lipinski definition) is 2. The number of aromatic nitrogens is 1. The molecule has 0 aromatic carbocycles. The summed E-state index contributed by atoms with van der Waals surface area (Å²) in [6, 6.07) is 1.95. The van der Waals surface area contributed by atoms with E-state index in [1.165, 1.54) is 18.4 Å². The van der Waals surface area contributed by atoms with Gasteiger partial charge in [-0.1, -0.05) is 23.3 Å². The lowest BCUT2D eigenvalue weighted by molar-refractivity contribution is 0.613. The van der Waals surface area contributed by atoms with Crippen LogP contribution >= 0.6 is 11.6 Å². The number of piperidine rings is 1. The molecule has 0 unspecified atom stereocenters. The lowest BCUT2D eigenvalue weighted by Crippen LogP contribution is -2.23. The molecule has 0 aliphatic carbocycles. The number of pyridine rings is 1. The van der Waals surface area contributed by atoms with Crippen molar-refractivity contribution in [3.8, 4) is 0 Å². The van der Waals surface area contributed by atoms with Crippen molar-refractivity contribution < 1.29 is 0 Å². The van der Waals surface area contributed by atoms with Crippen LogP contribution in [0.15, 0.2) is 24.0 Å². The molecule has 1 aliphatic heterocycles. The van der Waals surface area contributed by atoms with Gasteiger partial charge >= 0.3 is 0 Å². The molecule has 1 aromatic heterocycles. The van der Waals surface area contributed by atoms with Gasteiger partial charge in [-0.15, -0.1) is 0 Å². The highest BCUT2D eigenvalue weighted by molar-refractivity contribution is 6.31. The molecule has 0 amide bonds. The molecule has 0 atom stereocenters. The molecule has 0 bridgehead atoms. The highest BCUT2D eigenvalue weighted by Crippen LogP contribution is 2.19. The minimum atomic E-state index is 0.727. The van der Waals surface area contributed by atoms with Crippen molar-refractivity contribution in [1.82, 2.24) is 10.3 Å². The van der Waals surface area contributed by atoms with E-state index in [0.29, 0.717) is 0 Å². The molecule has 74 valence electrons. The fourth-order valence-corrected chi connectivity index (χ4v) is 1.80. The Bertz CT molecular complexity index is 339. The van der Waals surface area contributed by atoms with E-state index in [1.54, 1.807) is 12.4 Å². The average Bonchev–Trinajstić information content (AvgIpc) is 2.23. The maximum atomic E-state index is 6.02. The lowest BCUT2D eigenvalue weighted by Gasteiger charge is -2.15. The van der Waals surface area contributed by atoms with E-state index in [-0.39, 0.29) is 0 Å². The molecule has 0 saturated carbocycles. The van der Waals surface area contributed by atoms with Crippen molar-refractivity contribution >= 4 is 17.7 Å². The Labute approximate surface area is 89.0 Å². The molecular weight excluding hydrogens is 196 g/mol. The van der Waals surface area contributed by atoms with Gasteiger partial charge in [0.25, 0.3) is 0 Å². The Morgan fingerprint density at radius 2 is 2.43 bits per heavy atom. The second kappa shape index (κ2) is 4.58. The van der Waals surface area contributed by atoms with Gasteiger partial charge in [0, 0.05) is 18.9 Å². The summed E-state index contributed by atoms with van der Waals surface area (Å²) in [6.45, 7) is 2.11. The SMILES string of the molecule is Clc1cnccc1C=C1CCCNC1. The van der Waals surface area contributed by atoms with Crippen molar-refractivity contribution in [1.29, 1.82) is 0 Å². The molecule has 1 fully saturated rings. The molecule has 1 aromatic rings. The van der Waals surface area contributed by atoms with Crippen LogP contribution in [0, 0.1) is 0 Å². The monoisotopic (exact) mass is 208 g/mol. The van der Waals surface area contributed by atoms with E-state index < -0.39 is 0 Å². The van der Waals surface area contributed by atoms with E-state index in [9.17, 15) is 0 Å². The van der Waals surface area contributed by atoms with Crippen LogP contribution in [0.3, 0.4) is 0 Å². The van der Waals surface area contributed by atoms with Crippen LogP contribution in [0.1, 0.15) is 18.4 Å². The highest BCUT2D eigenvalue weighted by atomic mass is 35.5. The van der Waals surface area contributed by atoms with Gasteiger partial charge in [-0.2, -0.15) is 0 Å². The van der Waals surface area contributed by atoms with Gasteiger partial charge in [0.1, 0.15) is 0 Å². The van der Waals surface area contributed by atoms with Crippen LogP contribution in [0.2, 0.25) is 5.02 Å². The number of nitrogens with one attached hydrogen (secondary N) is 1. The Kier molecular flexibility index (Phi) is 3.17. The third-order valence-corrected chi connectivity index (χ3v) is 2.68. The molecule has 3 heteroatoms. The second-order valence-electron chi connectivity index (χ2n) is 3.48. The standard InChI is InChI=1S/C11H13ClN2/c12-11-8-14-5-3-10(11)6-9-2-1-4-13-7-9/h3,5-6,8,13H,1-2,4,7H2. The van der Waals surface area contributed by atoms with Crippen LogP contribution in [0.25, 0.3) is 6.08 Å². The molecule has 1 N–H and O–H groups in total. The first-order chi connectivity index (χ1) is 6.86. The predicted molar refractivity (Wildman–Crippen MR) is 59.3 cm³/mol. The molecular formula is C11H13ClN2. The summed E-state index contributed by atoms with van der Waals surface area (Å²) in [6.07, 6.45) is 8.01. The molecule has 2 rings (SSSR count). The minimum Gasteiger partial charge on any atom is -0.313 e. The van der Waals surface area contributed by atoms with E-state index in [2.05, 4.69) is 16.4 Å². The van der Waals surface area contributed by atoms with Gasteiger partial charge in [-0.3, -0.25) is 4.98 Å². The van der Waals surface area contributed by atoms with Crippen LogP contribution in [0.5, 0.6) is 0 Å². The number of hydrogen-bond donors (Lipinski definition) is 1. The zero-order valence-corrected chi connectivity index (χ0v) is 8.72. The summed E-state index contributed by atoms with van der Waals surface area (Å²) in [4.78, 5) is 3.96. The fourth-order valence-electron chi connectivity index (χ4n) is 1.62. The summed E-state index contributed by atoms with van der Waals surface area (Å²) in [5.41, 5.74) is 2.49. The topological polar surface area (TPSA) is 24.9 Å². The summed E-state index contributed by atoms with van der Waals surface area (Å²) in [5, 5.41) is 4.07. The van der Waals surface area contributed by atoms with Crippen molar-refractivity contribution in [2.75, 3.05) is 13.1 Å². The van der Waals surface area contributed by atoms with E-state index >= 15 is 0 Å². The molecule has 2 heterocycles. The first kappa shape index (κ1) is 9.69. The third-order valence-electron chi connectivity index (χ3n) is 2.37. The van der Waals surface area contributed by atoms with E-state index in [1.807, 2.05) is 6.07 Å². The summed E-state index contributed by atoms with van der Waals surface area (Å²) >= 11 is 6.02. The molecule has 1 aliphatic rings. The van der Waals surface area contributed by atoms with Crippen molar-refractivity contribution in [3.63, 3.8) is 0 Å². The second-order valence-corrected chi connectivity index (χ2v) is 3.89. The van der Waals surface area contributed by atoms with Gasteiger partial charge in [0.2, 0.25) is 0 Å². The minimum absolute atomic E-state index is 0.727. The van der Waals surface area contributed by atoms with Gasteiger partial charge in [-0.05, 0) is 31.0 Å². The molecule has 1 saturated heterocycles. The van der Waals surface area contributed by atoms with Gasteiger partial charge in [-0.25, -0.2) is 0 Å². The Balaban J connectivity index is 2.19. The molecule has 2 nitrogen and oxygen atoms in total. The average molecular weight is 209 g/mol. The van der Waals surface area contributed by atoms with Gasteiger partial charge in [0.15, 0.2) is 0 Å². The van der Waals surface area contributed by atoms with Crippen molar-refractivity contribution in [3.05, 3.63) is 34.6 Å². The maximum absolute atomic E-state index is 6.02. The number of rotatable bonds is 1. The summed E-state index contributed by atoms with van der Waals surface area (Å²) in [7, 11) is 0. The van der Waals surface area contributed by atoms with Crippen molar-refractivity contribution in [2.24, 2.45) is 0 Å². The quantitative estimate of drug-likeness (QED) is 0.767. The zero-order chi connectivity index (χ0) is 9.80. The van der Waals surface area contributed by atoms with Crippen LogP contribution in [-0.4, -0.2) is 18.1 Å². The Hall–Kier alpha value is -0.860. The molecule has 0 spiro atoms. The Morgan fingerprint density at radius 3 is 3.14 bits per heavy atom. The molecule has 0 radical (unpaired) electrons. The molecule has 14 heavy (non-hydrogen) atoms. The van der Waals surface area contributed by atoms with Gasteiger partial charge < -0.3 is 5.32 Å². The predicted octanol–water partition coefficient (Wildman–Crippen LogP) is 2.50. The first-order valence-electron chi connectivity index (χ1n) is 4.86. The van der Waals surface area contributed by atoms with Gasteiger partial charge in [0.05, 0.1) is 5.02 Å². The lowest BCUT2D eigenvalue weighted by atomic mass is 10.0. The van der Waals surface area contributed by atoms with Crippen LogP contribution in [-0.2, 0) is 0 Å². The van der Waals surface area contributed by atoms with Crippen LogP contribution < -0.4 is 5.32 Å². The van der Waals surface area contributed by atoms with Crippen molar-refractivity contribution in [2.45, 2.75) is 12.8 Å². The fraction of sp³-hybridized carbons (Fsp3) is 0.364. The maximum Gasteiger partial charge on any atom is 0.0661 e. The van der Waals surface area contributed by atoms with Crippen LogP contribution in [0.4, 0.5) is 0 Å². The normalized spacial score (nSPS) is 19.9. The van der Waals surface area contributed by atoms with E-state index in [4.69, 9.17) is 11.6 Å². The summed E-state index contributed by atoms with van der Waals surface area (Å²) in [5.74, 6) is 0. The first-order valence-corrected chi connectivity index (χ1v) is 5.24. The smallest absolute Gasteiger partial charge is 0.0661 e. The highest BCUT2D eigenvalue weighted by Gasteiger charge is 2.05. The zero-order valence-electron chi connectivity index (χ0n) is 7.96. The Morgan fingerprint density at radius 1 is 1.50 bits per heavy atom. The number of nitrogens with zero attached hydrogens (tertiary/aromatic N) is 1. The number of halogens is 1. The largest absolute Gasteiger partial charge is 0.313 e. The third kappa shape index (κ3) is 2.34. The summed E-state index contributed by atoms with van der Waals surface area (Å²) < 4.78 is 0.